The monoisotopic (exact) mass is 306 g/mol. The van der Waals surface area contributed by atoms with Gasteiger partial charge in [0.15, 0.2) is 9.84 Å². The molecule has 2 fully saturated rings. The van der Waals surface area contributed by atoms with Gasteiger partial charge in [-0.05, 0) is 13.3 Å². The maximum atomic E-state index is 11.9. The molecule has 3 atom stereocenters. The largest absolute Gasteiger partial charge is 0.394 e. The zero-order valence-corrected chi connectivity index (χ0v) is 12.4. The molecule has 1 amide bonds. The first-order chi connectivity index (χ1) is 9.38. The number of rotatable bonds is 4. The Labute approximate surface area is 119 Å². The lowest BCUT2D eigenvalue weighted by Crippen LogP contribution is -2.52. The van der Waals surface area contributed by atoms with Crippen LogP contribution < -0.4 is 5.32 Å². The van der Waals surface area contributed by atoms with Gasteiger partial charge in [0.25, 0.3) is 0 Å². The molecular weight excluding hydrogens is 284 g/mol. The second-order valence-electron chi connectivity index (χ2n) is 5.61. The topological polar surface area (TPSA) is 95.9 Å². The third kappa shape index (κ3) is 4.41. The van der Waals surface area contributed by atoms with Crippen molar-refractivity contribution in [3.8, 4) is 0 Å². The number of ether oxygens (including phenoxy) is 1. The van der Waals surface area contributed by atoms with E-state index in [1.165, 1.54) is 0 Å². The van der Waals surface area contributed by atoms with Crippen molar-refractivity contribution >= 4 is 15.7 Å². The van der Waals surface area contributed by atoms with Crippen LogP contribution in [0, 0.1) is 0 Å². The average molecular weight is 306 g/mol. The van der Waals surface area contributed by atoms with E-state index in [1.807, 2.05) is 11.8 Å². The van der Waals surface area contributed by atoms with Gasteiger partial charge in [0.05, 0.1) is 36.9 Å². The normalized spacial score (nSPS) is 34.0. The van der Waals surface area contributed by atoms with Crippen LogP contribution in [0.4, 0.5) is 0 Å². The number of carbonyl (C=O) groups is 1. The number of amides is 1. The first-order valence-corrected chi connectivity index (χ1v) is 8.68. The minimum Gasteiger partial charge on any atom is -0.394 e. The molecule has 2 saturated heterocycles. The van der Waals surface area contributed by atoms with Crippen molar-refractivity contribution in [2.45, 2.75) is 31.6 Å². The van der Waals surface area contributed by atoms with E-state index in [0.29, 0.717) is 19.5 Å². The molecule has 0 aromatic heterocycles. The molecule has 0 bridgehead atoms. The van der Waals surface area contributed by atoms with Gasteiger partial charge in [-0.2, -0.15) is 0 Å². The number of aliphatic hydroxyl groups is 1. The molecule has 2 heterocycles. The van der Waals surface area contributed by atoms with E-state index >= 15 is 0 Å². The number of hydrogen-bond donors (Lipinski definition) is 2. The van der Waals surface area contributed by atoms with Gasteiger partial charge in [-0.1, -0.05) is 0 Å². The minimum absolute atomic E-state index is 0.0273. The average Bonchev–Trinajstić information content (AvgIpc) is 2.67. The number of nitrogens with one attached hydrogen (secondary N) is 1. The number of morpholine rings is 1. The Morgan fingerprint density at radius 1 is 1.45 bits per heavy atom. The second kappa shape index (κ2) is 6.38. The summed E-state index contributed by atoms with van der Waals surface area (Å²) in [6, 6.07) is -0.264. The summed E-state index contributed by atoms with van der Waals surface area (Å²) in [6.45, 7) is 3.18. The van der Waals surface area contributed by atoms with Crippen LogP contribution in [0.2, 0.25) is 0 Å². The van der Waals surface area contributed by atoms with Crippen molar-refractivity contribution in [2.75, 3.05) is 37.7 Å². The molecule has 0 spiro atoms. The quantitative estimate of drug-likeness (QED) is 0.647. The molecule has 0 aromatic rings. The Hall–Kier alpha value is -0.700. The number of nitrogens with zero attached hydrogens (tertiary/aromatic N) is 1. The third-order valence-corrected chi connectivity index (χ3v) is 5.34. The number of carbonyl (C=O) groups excluding carboxylic acids is 1. The fraction of sp³-hybridized carbons (Fsp3) is 0.917. The van der Waals surface area contributed by atoms with Crippen LogP contribution in [0.3, 0.4) is 0 Å². The summed E-state index contributed by atoms with van der Waals surface area (Å²) in [5, 5.41) is 11.9. The van der Waals surface area contributed by atoms with Crippen molar-refractivity contribution in [1.29, 1.82) is 0 Å². The fourth-order valence-electron chi connectivity index (χ4n) is 2.76. The Balaban J connectivity index is 1.79. The van der Waals surface area contributed by atoms with E-state index in [1.54, 1.807) is 0 Å². The first-order valence-electron chi connectivity index (χ1n) is 6.86. The minimum atomic E-state index is -2.98. The molecule has 0 aliphatic carbocycles. The third-order valence-electron chi connectivity index (χ3n) is 3.57. The molecule has 2 N–H and O–H groups in total. The Morgan fingerprint density at radius 2 is 2.20 bits per heavy atom. The summed E-state index contributed by atoms with van der Waals surface area (Å²) in [6.07, 6.45) is 0.200. The van der Waals surface area contributed by atoms with Gasteiger partial charge < -0.3 is 15.2 Å². The van der Waals surface area contributed by atoms with E-state index < -0.39 is 9.84 Å². The second-order valence-corrected chi connectivity index (χ2v) is 7.84. The van der Waals surface area contributed by atoms with Gasteiger partial charge in [0, 0.05) is 19.1 Å². The zero-order chi connectivity index (χ0) is 14.8. The molecule has 0 radical (unpaired) electrons. The van der Waals surface area contributed by atoms with Gasteiger partial charge in [0.2, 0.25) is 5.91 Å². The molecule has 0 saturated carbocycles. The van der Waals surface area contributed by atoms with Crippen molar-refractivity contribution in [3.05, 3.63) is 0 Å². The maximum Gasteiger partial charge on any atom is 0.234 e. The summed E-state index contributed by atoms with van der Waals surface area (Å²) in [4.78, 5) is 13.9. The predicted molar refractivity (Wildman–Crippen MR) is 73.1 cm³/mol. The summed E-state index contributed by atoms with van der Waals surface area (Å²) in [5.74, 6) is 0.0225. The lowest BCUT2D eigenvalue weighted by Gasteiger charge is -2.35. The zero-order valence-electron chi connectivity index (χ0n) is 11.6. The lowest BCUT2D eigenvalue weighted by atomic mass is 10.2. The summed E-state index contributed by atoms with van der Waals surface area (Å²) >= 11 is 0. The van der Waals surface area contributed by atoms with E-state index in [0.717, 1.165) is 0 Å². The van der Waals surface area contributed by atoms with Crippen molar-refractivity contribution in [1.82, 2.24) is 10.2 Å². The van der Waals surface area contributed by atoms with Crippen LogP contribution in [0.1, 0.15) is 13.3 Å². The highest BCUT2D eigenvalue weighted by Crippen LogP contribution is 2.12. The van der Waals surface area contributed by atoms with Crippen LogP contribution in [0.25, 0.3) is 0 Å². The van der Waals surface area contributed by atoms with E-state index in [9.17, 15) is 13.2 Å². The van der Waals surface area contributed by atoms with Crippen molar-refractivity contribution in [3.63, 3.8) is 0 Å². The molecule has 2 rings (SSSR count). The molecule has 3 unspecified atom stereocenters. The SMILES string of the molecule is CC1CN(CC(=O)NC2CCS(=O)(=O)C2)CC(CO)O1. The van der Waals surface area contributed by atoms with Gasteiger partial charge in [-0.15, -0.1) is 0 Å². The van der Waals surface area contributed by atoms with Crippen LogP contribution in [0.5, 0.6) is 0 Å². The fourth-order valence-corrected chi connectivity index (χ4v) is 4.43. The highest BCUT2D eigenvalue weighted by atomic mass is 32.2. The van der Waals surface area contributed by atoms with Crippen LogP contribution in [-0.2, 0) is 19.4 Å². The van der Waals surface area contributed by atoms with E-state index in [-0.39, 0.29) is 48.8 Å². The highest BCUT2D eigenvalue weighted by molar-refractivity contribution is 7.91. The Kier molecular flexibility index (Phi) is 5.00. The summed E-state index contributed by atoms with van der Waals surface area (Å²) in [5.41, 5.74) is 0. The van der Waals surface area contributed by atoms with Crippen molar-refractivity contribution < 1.29 is 23.1 Å². The van der Waals surface area contributed by atoms with Crippen molar-refractivity contribution in [2.24, 2.45) is 0 Å². The molecule has 7 nitrogen and oxygen atoms in total. The molecule has 8 heteroatoms. The Bertz CT molecular complexity index is 453. The van der Waals surface area contributed by atoms with E-state index in [4.69, 9.17) is 9.84 Å². The first kappa shape index (κ1) is 15.7. The molecular formula is C12H22N2O5S. The smallest absolute Gasteiger partial charge is 0.234 e. The summed E-state index contributed by atoms with van der Waals surface area (Å²) in [7, 11) is -2.98. The van der Waals surface area contributed by atoms with Crippen LogP contribution in [-0.4, -0.2) is 80.3 Å². The molecule has 0 aromatic carbocycles. The lowest BCUT2D eigenvalue weighted by molar-refractivity contribution is -0.129. The maximum absolute atomic E-state index is 11.9. The van der Waals surface area contributed by atoms with Crippen LogP contribution >= 0.6 is 0 Å². The highest BCUT2D eigenvalue weighted by Gasteiger charge is 2.30. The van der Waals surface area contributed by atoms with Gasteiger partial charge in [-0.25, -0.2) is 8.42 Å². The number of hydrogen-bond acceptors (Lipinski definition) is 6. The molecule has 2 aliphatic heterocycles. The standard InChI is InChI=1S/C12H22N2O5S/c1-9-4-14(5-11(7-15)19-9)6-12(16)13-10-2-3-20(17,18)8-10/h9-11,15H,2-8H2,1H3,(H,13,16). The summed E-state index contributed by atoms with van der Waals surface area (Å²) < 4.78 is 28.2. The predicted octanol–water partition coefficient (Wildman–Crippen LogP) is -1.63. The van der Waals surface area contributed by atoms with Gasteiger partial charge in [-0.3, -0.25) is 9.69 Å². The van der Waals surface area contributed by atoms with Crippen LogP contribution in [0.15, 0.2) is 0 Å². The number of aliphatic hydroxyl groups excluding tert-OH is 1. The molecule has 20 heavy (non-hydrogen) atoms. The van der Waals surface area contributed by atoms with Gasteiger partial charge in [0.1, 0.15) is 0 Å². The molecule has 2 aliphatic rings. The Morgan fingerprint density at radius 3 is 2.80 bits per heavy atom. The van der Waals surface area contributed by atoms with Gasteiger partial charge >= 0.3 is 0 Å². The number of sulfone groups is 1. The molecule has 116 valence electrons. The van der Waals surface area contributed by atoms with E-state index in [2.05, 4.69) is 5.32 Å².